The summed E-state index contributed by atoms with van der Waals surface area (Å²) in [5.74, 6) is -0.488. The minimum atomic E-state index is -1.07. The number of Topliss-reactive ketones (excluding diaryl/α,β-unsaturated/α-hetero) is 1. The topological polar surface area (TPSA) is 43.4 Å². The van der Waals surface area contributed by atoms with Gasteiger partial charge >= 0.3 is 5.97 Å². The fourth-order valence-corrected chi connectivity index (χ4v) is 1.79. The molecule has 0 spiro atoms. The molecule has 0 aliphatic heterocycles. The van der Waals surface area contributed by atoms with Crippen molar-refractivity contribution in [1.29, 1.82) is 0 Å². The van der Waals surface area contributed by atoms with Crippen LogP contribution in [0.2, 0.25) is 0 Å². The predicted molar refractivity (Wildman–Crippen MR) is 57.4 cm³/mol. The number of allylic oxidation sites excluding steroid dienone is 1. The van der Waals surface area contributed by atoms with Gasteiger partial charge in [-0.1, -0.05) is 18.6 Å². The molecule has 0 amide bonds. The molecule has 0 aromatic carbocycles. The fraction of sp³-hybridized carbons (Fsp3) is 0.667. The molecular formula is C12H18O3. The third-order valence-electron chi connectivity index (χ3n) is 2.91. The highest BCUT2D eigenvalue weighted by molar-refractivity contribution is 6.05. The second-order valence-corrected chi connectivity index (χ2v) is 4.12. The molecule has 0 fully saturated rings. The molecule has 84 valence electrons. The number of methoxy groups -OCH3 is 1. The lowest BCUT2D eigenvalue weighted by Gasteiger charge is -2.20. The lowest BCUT2D eigenvalue weighted by Crippen LogP contribution is -2.35. The van der Waals surface area contributed by atoms with Gasteiger partial charge in [-0.25, -0.2) is 0 Å². The molecule has 1 atom stereocenters. The Morgan fingerprint density at radius 1 is 1.40 bits per heavy atom. The summed E-state index contributed by atoms with van der Waals surface area (Å²) in [6.45, 7) is 1.64. The van der Waals surface area contributed by atoms with Crippen LogP contribution in [0.5, 0.6) is 0 Å². The Kier molecular flexibility index (Phi) is 4.06. The van der Waals surface area contributed by atoms with Crippen LogP contribution < -0.4 is 0 Å². The summed E-state index contributed by atoms with van der Waals surface area (Å²) in [4.78, 5) is 23.5. The van der Waals surface area contributed by atoms with Crippen molar-refractivity contribution in [2.75, 3.05) is 7.11 Å². The first kappa shape index (κ1) is 12.0. The van der Waals surface area contributed by atoms with E-state index in [0.717, 1.165) is 25.7 Å². The number of hydrogen-bond acceptors (Lipinski definition) is 3. The van der Waals surface area contributed by atoms with Crippen LogP contribution in [-0.2, 0) is 14.3 Å². The van der Waals surface area contributed by atoms with Gasteiger partial charge in [0, 0.05) is 6.42 Å². The molecular weight excluding hydrogens is 192 g/mol. The second kappa shape index (κ2) is 5.10. The van der Waals surface area contributed by atoms with Gasteiger partial charge in [-0.05, 0) is 26.2 Å². The molecule has 1 unspecified atom stereocenters. The van der Waals surface area contributed by atoms with E-state index in [2.05, 4.69) is 4.74 Å². The molecule has 0 N–H and O–H groups in total. The van der Waals surface area contributed by atoms with Crippen LogP contribution in [0.4, 0.5) is 0 Å². The van der Waals surface area contributed by atoms with Crippen molar-refractivity contribution in [1.82, 2.24) is 0 Å². The maximum atomic E-state index is 11.9. The molecule has 0 radical (unpaired) electrons. The number of rotatable bonds is 1. The highest BCUT2D eigenvalue weighted by atomic mass is 16.5. The third kappa shape index (κ3) is 2.67. The van der Waals surface area contributed by atoms with Crippen molar-refractivity contribution >= 4 is 11.8 Å². The van der Waals surface area contributed by atoms with Crippen molar-refractivity contribution in [2.45, 2.75) is 39.0 Å². The van der Waals surface area contributed by atoms with Gasteiger partial charge in [-0.2, -0.15) is 0 Å². The summed E-state index contributed by atoms with van der Waals surface area (Å²) in [6.07, 6.45) is 8.02. The van der Waals surface area contributed by atoms with Gasteiger partial charge in [-0.15, -0.1) is 0 Å². The van der Waals surface area contributed by atoms with Crippen molar-refractivity contribution in [2.24, 2.45) is 5.41 Å². The van der Waals surface area contributed by atoms with E-state index < -0.39 is 11.4 Å². The van der Waals surface area contributed by atoms with E-state index >= 15 is 0 Å². The van der Waals surface area contributed by atoms with Crippen molar-refractivity contribution < 1.29 is 14.3 Å². The summed E-state index contributed by atoms with van der Waals surface area (Å²) < 4.78 is 4.69. The standard InChI is InChI=1S/C12H18O3/c1-12(11(14)15-2)9-7-5-3-4-6-8-10(12)13/h7,9H,3-6,8H2,1-2H3/b9-7+. The van der Waals surface area contributed by atoms with Crippen LogP contribution in [0.1, 0.15) is 39.0 Å². The van der Waals surface area contributed by atoms with Crippen LogP contribution >= 0.6 is 0 Å². The molecule has 1 rings (SSSR count). The molecule has 1 aliphatic carbocycles. The summed E-state index contributed by atoms with van der Waals surface area (Å²) >= 11 is 0. The lowest BCUT2D eigenvalue weighted by molar-refractivity contribution is -0.153. The van der Waals surface area contributed by atoms with Crippen LogP contribution in [-0.4, -0.2) is 18.9 Å². The Balaban J connectivity index is 2.91. The van der Waals surface area contributed by atoms with Gasteiger partial charge in [0.2, 0.25) is 0 Å². The monoisotopic (exact) mass is 210 g/mol. The van der Waals surface area contributed by atoms with E-state index in [1.807, 2.05) is 6.08 Å². The maximum absolute atomic E-state index is 11.9. The lowest BCUT2D eigenvalue weighted by atomic mass is 9.83. The number of carbonyl (C=O) groups is 2. The normalized spacial score (nSPS) is 29.9. The van der Waals surface area contributed by atoms with Gasteiger partial charge in [0.1, 0.15) is 5.41 Å². The highest BCUT2D eigenvalue weighted by Gasteiger charge is 2.38. The summed E-state index contributed by atoms with van der Waals surface area (Å²) in [7, 11) is 1.32. The predicted octanol–water partition coefficient (Wildman–Crippen LogP) is 2.26. The van der Waals surface area contributed by atoms with Crippen molar-refractivity contribution in [3.05, 3.63) is 12.2 Å². The molecule has 0 saturated heterocycles. The summed E-state index contributed by atoms with van der Waals surface area (Å²) in [5.41, 5.74) is -1.07. The van der Waals surface area contributed by atoms with E-state index in [-0.39, 0.29) is 5.78 Å². The summed E-state index contributed by atoms with van der Waals surface area (Å²) in [5, 5.41) is 0. The van der Waals surface area contributed by atoms with Crippen LogP contribution in [0, 0.1) is 5.41 Å². The number of ether oxygens (including phenoxy) is 1. The Morgan fingerprint density at radius 2 is 2.13 bits per heavy atom. The minimum Gasteiger partial charge on any atom is -0.468 e. The van der Waals surface area contributed by atoms with Crippen LogP contribution in [0.3, 0.4) is 0 Å². The first-order chi connectivity index (χ1) is 7.11. The molecule has 1 aliphatic rings. The highest BCUT2D eigenvalue weighted by Crippen LogP contribution is 2.26. The second-order valence-electron chi connectivity index (χ2n) is 4.12. The molecule has 0 saturated carbocycles. The molecule has 0 aromatic rings. The molecule has 0 aromatic heterocycles. The number of esters is 1. The van der Waals surface area contributed by atoms with Crippen molar-refractivity contribution in [3.8, 4) is 0 Å². The van der Waals surface area contributed by atoms with E-state index in [0.29, 0.717) is 6.42 Å². The van der Waals surface area contributed by atoms with Gasteiger partial charge < -0.3 is 4.74 Å². The quantitative estimate of drug-likeness (QED) is 0.379. The van der Waals surface area contributed by atoms with Crippen molar-refractivity contribution in [3.63, 3.8) is 0 Å². The zero-order valence-electron chi connectivity index (χ0n) is 9.41. The number of ketones is 1. The molecule has 0 heterocycles. The SMILES string of the molecule is COC(=O)C1(C)/C=C/CCCCCC1=O. The van der Waals surface area contributed by atoms with Gasteiger partial charge in [0.05, 0.1) is 7.11 Å². The first-order valence-electron chi connectivity index (χ1n) is 5.40. The minimum absolute atomic E-state index is 0.0347. The fourth-order valence-electron chi connectivity index (χ4n) is 1.79. The Morgan fingerprint density at radius 3 is 2.80 bits per heavy atom. The Hall–Kier alpha value is -1.12. The zero-order valence-corrected chi connectivity index (χ0v) is 9.41. The number of hydrogen-bond donors (Lipinski definition) is 0. The van der Waals surface area contributed by atoms with E-state index in [1.165, 1.54) is 7.11 Å². The van der Waals surface area contributed by atoms with E-state index in [4.69, 9.17) is 0 Å². The molecule has 3 nitrogen and oxygen atoms in total. The number of carbonyl (C=O) groups excluding carboxylic acids is 2. The molecule has 3 heteroatoms. The smallest absolute Gasteiger partial charge is 0.322 e. The average Bonchev–Trinajstić information content (AvgIpc) is 2.32. The van der Waals surface area contributed by atoms with E-state index in [9.17, 15) is 9.59 Å². The molecule has 0 bridgehead atoms. The van der Waals surface area contributed by atoms with Crippen LogP contribution in [0.25, 0.3) is 0 Å². The van der Waals surface area contributed by atoms with Gasteiger partial charge in [-0.3, -0.25) is 9.59 Å². The first-order valence-corrected chi connectivity index (χ1v) is 5.40. The zero-order chi connectivity index (χ0) is 11.3. The van der Waals surface area contributed by atoms with Gasteiger partial charge in [0.15, 0.2) is 5.78 Å². The molecule has 15 heavy (non-hydrogen) atoms. The maximum Gasteiger partial charge on any atom is 0.322 e. The summed E-state index contributed by atoms with van der Waals surface area (Å²) in [6, 6.07) is 0. The average molecular weight is 210 g/mol. The largest absolute Gasteiger partial charge is 0.468 e. The van der Waals surface area contributed by atoms with Gasteiger partial charge in [0.25, 0.3) is 0 Å². The van der Waals surface area contributed by atoms with E-state index in [1.54, 1.807) is 13.0 Å². The van der Waals surface area contributed by atoms with Crippen LogP contribution in [0.15, 0.2) is 12.2 Å². The Bertz CT molecular complexity index is 281. The third-order valence-corrected chi connectivity index (χ3v) is 2.91. The Labute approximate surface area is 90.5 Å².